The van der Waals surface area contributed by atoms with Gasteiger partial charge in [0.1, 0.15) is 0 Å². The van der Waals surface area contributed by atoms with Crippen LogP contribution in [0.4, 0.5) is 13.2 Å². The number of nitrogens with one attached hydrogen (secondary N) is 1. The molecule has 0 saturated heterocycles. The smallest absolute Gasteiger partial charge is 0.310 e. The Morgan fingerprint density at radius 1 is 0.952 bits per heavy atom. The molecule has 112 valence electrons. The summed E-state index contributed by atoms with van der Waals surface area (Å²) < 4.78 is 38.7. The van der Waals surface area contributed by atoms with E-state index in [2.05, 4.69) is 5.32 Å². The monoisotopic (exact) mass is 293 g/mol. The van der Waals surface area contributed by atoms with E-state index in [9.17, 15) is 13.2 Å². The van der Waals surface area contributed by atoms with Crippen LogP contribution in [0.3, 0.4) is 0 Å². The summed E-state index contributed by atoms with van der Waals surface area (Å²) in [6.45, 7) is 2.19. The molecule has 1 N–H and O–H groups in total. The van der Waals surface area contributed by atoms with Gasteiger partial charge in [0.05, 0.1) is 5.56 Å². The van der Waals surface area contributed by atoms with Crippen LogP contribution in [-0.2, 0) is 19.1 Å². The molecule has 0 heterocycles. The average Bonchev–Trinajstić information content (AvgIpc) is 2.45. The van der Waals surface area contributed by atoms with E-state index in [-0.39, 0.29) is 18.2 Å². The Kier molecular flexibility index (Phi) is 5.02. The van der Waals surface area contributed by atoms with E-state index >= 15 is 0 Å². The first kappa shape index (κ1) is 15.6. The Morgan fingerprint density at radius 3 is 2.24 bits per heavy atom. The van der Waals surface area contributed by atoms with Gasteiger partial charge >= 0.3 is 6.18 Å². The molecule has 2 aromatic rings. The summed E-state index contributed by atoms with van der Waals surface area (Å²) in [5.74, 6) is 0. The van der Waals surface area contributed by atoms with Crippen LogP contribution in [0.1, 0.15) is 23.6 Å². The van der Waals surface area contributed by atoms with Crippen LogP contribution in [-0.4, -0.2) is 6.04 Å². The van der Waals surface area contributed by atoms with Crippen LogP contribution < -0.4 is 5.32 Å². The van der Waals surface area contributed by atoms with Gasteiger partial charge in [-0.1, -0.05) is 48.5 Å². The molecule has 0 aliphatic carbocycles. The van der Waals surface area contributed by atoms with Gasteiger partial charge in [0, 0.05) is 12.6 Å². The maximum absolute atomic E-state index is 12.9. The zero-order valence-electron chi connectivity index (χ0n) is 11.8. The maximum atomic E-state index is 12.9. The second-order valence-electron chi connectivity index (χ2n) is 5.13. The second-order valence-corrected chi connectivity index (χ2v) is 5.13. The molecule has 4 heteroatoms. The largest absolute Gasteiger partial charge is 0.416 e. The molecule has 0 aromatic heterocycles. The summed E-state index contributed by atoms with van der Waals surface area (Å²) in [6, 6.07) is 15.7. The fourth-order valence-corrected chi connectivity index (χ4v) is 2.28. The standard InChI is InChI=1S/C17H18F3N/c1-13(11-14-7-3-2-4-8-14)21-12-15-9-5-6-10-16(15)17(18,19)20/h2-10,13,21H,11-12H2,1H3. The molecule has 1 unspecified atom stereocenters. The van der Waals surface area contributed by atoms with Crippen LogP contribution in [0.25, 0.3) is 0 Å². The Labute approximate surface area is 122 Å². The van der Waals surface area contributed by atoms with Crippen molar-refractivity contribution < 1.29 is 13.2 Å². The predicted octanol–water partition coefficient (Wildman–Crippen LogP) is 4.43. The van der Waals surface area contributed by atoms with Crippen LogP contribution in [0.2, 0.25) is 0 Å². The summed E-state index contributed by atoms with van der Waals surface area (Å²) in [5.41, 5.74) is 0.885. The van der Waals surface area contributed by atoms with Gasteiger partial charge in [-0.25, -0.2) is 0 Å². The van der Waals surface area contributed by atoms with E-state index < -0.39 is 11.7 Å². The van der Waals surface area contributed by atoms with Gasteiger partial charge in [-0.2, -0.15) is 13.2 Å². The van der Waals surface area contributed by atoms with E-state index in [4.69, 9.17) is 0 Å². The molecule has 0 spiro atoms. The van der Waals surface area contributed by atoms with Crippen molar-refractivity contribution in [3.8, 4) is 0 Å². The van der Waals surface area contributed by atoms with Crippen LogP contribution in [0, 0.1) is 0 Å². The number of halogens is 3. The van der Waals surface area contributed by atoms with Crippen LogP contribution in [0.5, 0.6) is 0 Å². The molecule has 1 atom stereocenters. The van der Waals surface area contributed by atoms with E-state index in [0.29, 0.717) is 0 Å². The highest BCUT2D eigenvalue weighted by molar-refractivity contribution is 5.29. The van der Waals surface area contributed by atoms with Gasteiger partial charge in [0.25, 0.3) is 0 Å². The highest BCUT2D eigenvalue weighted by Crippen LogP contribution is 2.31. The zero-order chi connectivity index (χ0) is 15.3. The highest BCUT2D eigenvalue weighted by Gasteiger charge is 2.32. The number of rotatable bonds is 5. The number of alkyl halides is 3. The maximum Gasteiger partial charge on any atom is 0.416 e. The molecule has 0 fully saturated rings. The van der Waals surface area contributed by atoms with Gasteiger partial charge in [0.15, 0.2) is 0 Å². The third-order valence-electron chi connectivity index (χ3n) is 3.35. The van der Waals surface area contributed by atoms with E-state index in [1.807, 2.05) is 37.3 Å². The second kappa shape index (κ2) is 6.76. The molecule has 1 nitrogen and oxygen atoms in total. The molecule has 21 heavy (non-hydrogen) atoms. The summed E-state index contributed by atoms with van der Waals surface area (Å²) in [4.78, 5) is 0. The van der Waals surface area contributed by atoms with Gasteiger partial charge in [-0.15, -0.1) is 0 Å². The van der Waals surface area contributed by atoms with Gasteiger partial charge in [-0.05, 0) is 30.5 Å². The van der Waals surface area contributed by atoms with Crippen molar-refractivity contribution in [3.05, 3.63) is 71.3 Å². The quantitative estimate of drug-likeness (QED) is 0.860. The lowest BCUT2D eigenvalue weighted by atomic mass is 10.0. The molecular weight excluding hydrogens is 275 g/mol. The third-order valence-corrected chi connectivity index (χ3v) is 3.35. The fourth-order valence-electron chi connectivity index (χ4n) is 2.28. The molecule has 0 saturated carbocycles. The van der Waals surface area contributed by atoms with Crippen molar-refractivity contribution in [1.82, 2.24) is 5.32 Å². The molecular formula is C17H18F3N. The van der Waals surface area contributed by atoms with Gasteiger partial charge < -0.3 is 5.32 Å². The van der Waals surface area contributed by atoms with Gasteiger partial charge in [-0.3, -0.25) is 0 Å². The minimum atomic E-state index is -4.30. The van der Waals surface area contributed by atoms with Crippen molar-refractivity contribution in [2.45, 2.75) is 32.1 Å². The molecule has 0 aliphatic rings. The lowest BCUT2D eigenvalue weighted by Gasteiger charge is -2.17. The zero-order valence-corrected chi connectivity index (χ0v) is 11.8. The Hall–Kier alpha value is -1.81. The number of benzene rings is 2. The molecule has 2 aromatic carbocycles. The molecule has 0 bridgehead atoms. The fraction of sp³-hybridized carbons (Fsp3) is 0.294. The average molecular weight is 293 g/mol. The van der Waals surface area contributed by atoms with E-state index in [1.165, 1.54) is 17.7 Å². The topological polar surface area (TPSA) is 12.0 Å². The van der Waals surface area contributed by atoms with Crippen LogP contribution >= 0.6 is 0 Å². The van der Waals surface area contributed by atoms with Crippen molar-refractivity contribution in [2.24, 2.45) is 0 Å². The molecule has 2 rings (SSSR count). The van der Waals surface area contributed by atoms with Crippen molar-refractivity contribution in [1.29, 1.82) is 0 Å². The van der Waals surface area contributed by atoms with E-state index in [0.717, 1.165) is 12.5 Å². The van der Waals surface area contributed by atoms with Crippen molar-refractivity contribution in [2.75, 3.05) is 0 Å². The van der Waals surface area contributed by atoms with Gasteiger partial charge in [0.2, 0.25) is 0 Å². The Balaban J connectivity index is 1.97. The predicted molar refractivity (Wildman–Crippen MR) is 77.9 cm³/mol. The summed E-state index contributed by atoms with van der Waals surface area (Å²) in [5, 5.41) is 3.16. The molecule has 0 radical (unpaired) electrons. The first-order valence-electron chi connectivity index (χ1n) is 6.89. The Morgan fingerprint density at radius 2 is 1.57 bits per heavy atom. The highest BCUT2D eigenvalue weighted by atomic mass is 19.4. The first-order valence-corrected chi connectivity index (χ1v) is 6.89. The lowest BCUT2D eigenvalue weighted by Crippen LogP contribution is -2.28. The van der Waals surface area contributed by atoms with E-state index in [1.54, 1.807) is 6.07 Å². The SMILES string of the molecule is CC(Cc1ccccc1)NCc1ccccc1C(F)(F)F. The summed E-state index contributed by atoms with van der Waals surface area (Å²) >= 11 is 0. The first-order chi connectivity index (χ1) is 9.97. The molecule has 0 aliphatic heterocycles. The summed E-state index contributed by atoms with van der Waals surface area (Å²) in [7, 11) is 0. The Bertz CT molecular complexity index is 564. The lowest BCUT2D eigenvalue weighted by molar-refractivity contribution is -0.138. The van der Waals surface area contributed by atoms with Crippen molar-refractivity contribution in [3.63, 3.8) is 0 Å². The van der Waals surface area contributed by atoms with Crippen LogP contribution in [0.15, 0.2) is 54.6 Å². The molecule has 0 amide bonds. The number of hydrogen-bond donors (Lipinski definition) is 1. The van der Waals surface area contributed by atoms with Crippen molar-refractivity contribution >= 4 is 0 Å². The summed E-state index contributed by atoms with van der Waals surface area (Å²) in [6.07, 6.45) is -3.52. The minimum Gasteiger partial charge on any atom is -0.310 e. The third kappa shape index (κ3) is 4.60. The number of hydrogen-bond acceptors (Lipinski definition) is 1. The normalized spacial score (nSPS) is 13.1. The minimum absolute atomic E-state index is 0.105.